The number of rotatable bonds is 3. The topological polar surface area (TPSA) is 121 Å². The van der Waals surface area contributed by atoms with Gasteiger partial charge in [0.15, 0.2) is 5.69 Å². The number of nitrogens with zero attached hydrogens (tertiary/aromatic N) is 3. The number of aromatic amines is 1. The van der Waals surface area contributed by atoms with Crippen LogP contribution in [-0.2, 0) is 4.79 Å². The molecular formula is C16H16N4O4. The highest BCUT2D eigenvalue weighted by atomic mass is 16.6. The molecule has 2 aliphatic carbocycles. The summed E-state index contributed by atoms with van der Waals surface area (Å²) in [5.41, 5.74) is 0.447. The van der Waals surface area contributed by atoms with Crippen LogP contribution in [0.2, 0.25) is 0 Å². The number of nitro benzene ring substituents is 1. The third kappa shape index (κ3) is 2.34. The second-order valence-corrected chi connectivity index (χ2v) is 6.49. The number of carbonyl (C=O) groups excluding carboxylic acids is 1. The summed E-state index contributed by atoms with van der Waals surface area (Å²) in [6, 6.07) is 4.13. The zero-order valence-corrected chi connectivity index (χ0v) is 12.8. The molecule has 2 aromatic rings. The third-order valence-corrected chi connectivity index (χ3v) is 5.14. The fourth-order valence-electron chi connectivity index (χ4n) is 3.89. The van der Waals surface area contributed by atoms with Crippen molar-refractivity contribution in [1.82, 2.24) is 4.98 Å². The molecule has 2 atom stereocenters. The number of H-pyrrole nitrogens is 1. The minimum atomic E-state index is -0.523. The number of nitrogens with one attached hydrogen (secondary N) is 1. The van der Waals surface area contributed by atoms with Crippen LogP contribution in [0.5, 0.6) is 5.88 Å². The monoisotopic (exact) mass is 328 g/mol. The lowest BCUT2D eigenvalue weighted by molar-refractivity contribution is -0.384. The first-order chi connectivity index (χ1) is 11.6. The Morgan fingerprint density at radius 3 is 2.67 bits per heavy atom. The highest BCUT2D eigenvalue weighted by Gasteiger charge is 2.54. The van der Waals surface area contributed by atoms with Crippen LogP contribution in [-0.4, -0.2) is 20.9 Å². The maximum Gasteiger partial charge on any atom is 0.270 e. The van der Waals surface area contributed by atoms with E-state index in [1.807, 2.05) is 0 Å². The molecule has 8 heteroatoms. The van der Waals surface area contributed by atoms with Crippen LogP contribution in [0, 0.1) is 27.9 Å². The summed E-state index contributed by atoms with van der Waals surface area (Å²) in [6.07, 6.45) is 4.46. The van der Waals surface area contributed by atoms with Crippen LogP contribution in [0.3, 0.4) is 0 Å². The van der Waals surface area contributed by atoms with Gasteiger partial charge >= 0.3 is 0 Å². The van der Waals surface area contributed by atoms with Gasteiger partial charge in [0.05, 0.1) is 10.4 Å². The van der Waals surface area contributed by atoms with Crippen LogP contribution >= 0.6 is 0 Å². The van der Waals surface area contributed by atoms with Crippen molar-refractivity contribution >= 4 is 28.2 Å². The molecule has 0 radical (unpaired) electrons. The van der Waals surface area contributed by atoms with Gasteiger partial charge in [0, 0.05) is 23.4 Å². The highest BCUT2D eigenvalue weighted by molar-refractivity contribution is 5.96. The first-order valence-electron chi connectivity index (χ1n) is 8.01. The Balaban J connectivity index is 1.61. The van der Waals surface area contributed by atoms with E-state index in [0.717, 1.165) is 25.7 Å². The fraction of sp³-hybridized carbons (Fsp3) is 0.438. The number of aromatic hydroxyl groups is 1. The maximum absolute atomic E-state index is 12.2. The average Bonchev–Trinajstić information content (AvgIpc) is 3.21. The Morgan fingerprint density at radius 1 is 1.29 bits per heavy atom. The molecule has 2 saturated carbocycles. The zero-order valence-electron chi connectivity index (χ0n) is 12.8. The Morgan fingerprint density at radius 2 is 2.00 bits per heavy atom. The van der Waals surface area contributed by atoms with Gasteiger partial charge in [-0.15, -0.1) is 10.2 Å². The number of carbonyl (C=O) groups is 1. The largest absolute Gasteiger partial charge is 0.493 e. The normalized spacial score (nSPS) is 25.8. The van der Waals surface area contributed by atoms with Gasteiger partial charge < -0.3 is 10.1 Å². The molecule has 8 nitrogen and oxygen atoms in total. The molecule has 1 heterocycles. The van der Waals surface area contributed by atoms with Crippen LogP contribution < -0.4 is 0 Å². The van der Waals surface area contributed by atoms with E-state index in [9.17, 15) is 20.0 Å². The number of hydrogen-bond donors (Lipinski definition) is 2. The molecule has 4 rings (SSSR count). The van der Waals surface area contributed by atoms with E-state index in [4.69, 9.17) is 0 Å². The number of fused-ring (bicyclic) bond motifs is 2. The molecule has 1 aromatic carbocycles. The summed E-state index contributed by atoms with van der Waals surface area (Å²) >= 11 is 0. The van der Waals surface area contributed by atoms with Gasteiger partial charge in [-0.05, 0) is 30.7 Å². The predicted octanol–water partition coefficient (Wildman–Crippen LogP) is 3.83. The average molecular weight is 328 g/mol. The van der Waals surface area contributed by atoms with Gasteiger partial charge in [0.2, 0.25) is 5.88 Å². The molecule has 124 valence electrons. The standard InChI is InChI=1S/C16H16N4O4/c21-15(13-9-3-1-2-4-10(9)13)19-18-14-11-7-8(20(23)24)5-6-12(11)17-16(14)22/h5-7,9-10,13,17,22H,1-4H2/t9-,10-/m1/s1. The van der Waals surface area contributed by atoms with Gasteiger partial charge in [-0.1, -0.05) is 12.8 Å². The summed E-state index contributed by atoms with van der Waals surface area (Å²) in [5.74, 6) is 0.310. The van der Waals surface area contributed by atoms with Gasteiger partial charge in [0.1, 0.15) is 0 Å². The van der Waals surface area contributed by atoms with Crippen LogP contribution in [0.25, 0.3) is 10.9 Å². The Hall–Kier alpha value is -2.77. The van der Waals surface area contributed by atoms with E-state index in [0.29, 0.717) is 22.7 Å². The van der Waals surface area contributed by atoms with Crippen molar-refractivity contribution in [2.45, 2.75) is 25.7 Å². The Labute approximate surface area is 136 Å². The number of aromatic nitrogens is 1. The third-order valence-electron chi connectivity index (χ3n) is 5.14. The highest BCUT2D eigenvalue weighted by Crippen LogP contribution is 2.56. The van der Waals surface area contributed by atoms with Crippen molar-refractivity contribution in [3.8, 4) is 5.88 Å². The molecule has 2 fully saturated rings. The number of nitro groups is 1. The zero-order chi connectivity index (χ0) is 16.8. The Bertz CT molecular complexity index is 860. The summed E-state index contributed by atoms with van der Waals surface area (Å²) in [5, 5.41) is 28.9. The molecule has 0 spiro atoms. The predicted molar refractivity (Wildman–Crippen MR) is 85.1 cm³/mol. The smallest absolute Gasteiger partial charge is 0.270 e. The number of benzene rings is 1. The molecule has 2 aliphatic rings. The second-order valence-electron chi connectivity index (χ2n) is 6.49. The first kappa shape index (κ1) is 14.8. The summed E-state index contributed by atoms with van der Waals surface area (Å²) in [4.78, 5) is 25.3. The van der Waals surface area contributed by atoms with E-state index >= 15 is 0 Å². The van der Waals surface area contributed by atoms with Crippen molar-refractivity contribution in [2.24, 2.45) is 28.0 Å². The van der Waals surface area contributed by atoms with Crippen molar-refractivity contribution < 1.29 is 14.8 Å². The van der Waals surface area contributed by atoms with Crippen molar-refractivity contribution in [1.29, 1.82) is 0 Å². The van der Waals surface area contributed by atoms with Crippen LogP contribution in [0.4, 0.5) is 11.4 Å². The van der Waals surface area contributed by atoms with Crippen molar-refractivity contribution in [2.75, 3.05) is 0 Å². The van der Waals surface area contributed by atoms with Crippen molar-refractivity contribution in [3.63, 3.8) is 0 Å². The number of azo groups is 1. The minimum absolute atomic E-state index is 0.0436. The van der Waals surface area contributed by atoms with E-state index in [2.05, 4.69) is 15.2 Å². The van der Waals surface area contributed by atoms with E-state index < -0.39 is 4.92 Å². The van der Waals surface area contributed by atoms with Gasteiger partial charge in [0.25, 0.3) is 11.6 Å². The molecular weight excluding hydrogens is 312 g/mol. The summed E-state index contributed by atoms with van der Waals surface area (Å²) in [6.45, 7) is 0. The fourth-order valence-corrected chi connectivity index (χ4v) is 3.89. The van der Waals surface area contributed by atoms with Crippen molar-refractivity contribution in [3.05, 3.63) is 28.3 Å². The molecule has 0 aliphatic heterocycles. The Kier molecular flexibility index (Phi) is 3.33. The molecule has 0 unspecified atom stereocenters. The first-order valence-corrected chi connectivity index (χ1v) is 8.01. The van der Waals surface area contributed by atoms with E-state index in [-0.39, 0.29) is 29.1 Å². The second kappa shape index (κ2) is 5.40. The van der Waals surface area contributed by atoms with Crippen LogP contribution in [0.1, 0.15) is 25.7 Å². The number of hydrogen-bond acceptors (Lipinski definition) is 5. The molecule has 2 N–H and O–H groups in total. The van der Waals surface area contributed by atoms with E-state index in [1.54, 1.807) is 0 Å². The lowest BCUT2D eigenvalue weighted by Gasteiger charge is -2.04. The van der Waals surface area contributed by atoms with Gasteiger partial charge in [-0.2, -0.15) is 0 Å². The molecule has 0 bridgehead atoms. The number of amides is 1. The summed E-state index contributed by atoms with van der Waals surface area (Å²) < 4.78 is 0. The van der Waals surface area contributed by atoms with E-state index in [1.165, 1.54) is 18.2 Å². The molecule has 24 heavy (non-hydrogen) atoms. The molecule has 0 saturated heterocycles. The van der Waals surface area contributed by atoms with Gasteiger partial charge in [-0.3, -0.25) is 14.9 Å². The van der Waals surface area contributed by atoms with Crippen LogP contribution in [0.15, 0.2) is 28.4 Å². The summed E-state index contributed by atoms with van der Waals surface area (Å²) in [7, 11) is 0. The quantitative estimate of drug-likeness (QED) is 0.505. The maximum atomic E-state index is 12.2. The lowest BCUT2D eigenvalue weighted by Crippen LogP contribution is -1.97. The molecule has 1 amide bonds. The minimum Gasteiger partial charge on any atom is -0.493 e. The lowest BCUT2D eigenvalue weighted by atomic mass is 10.0. The SMILES string of the molecule is O=C(N=Nc1c(O)[nH]c2ccc([N+](=O)[O-])cc12)C1[C@@H]2CCCC[C@@H]12. The van der Waals surface area contributed by atoms with Gasteiger partial charge in [-0.25, -0.2) is 0 Å². The number of non-ortho nitro benzene ring substituents is 1. The molecule has 1 aromatic heterocycles.